The zero-order chi connectivity index (χ0) is 14.7. The number of aromatic nitrogens is 2. The molecule has 0 bridgehead atoms. The van der Waals surface area contributed by atoms with Gasteiger partial charge in [-0.15, -0.1) is 11.3 Å². The third-order valence-electron chi connectivity index (χ3n) is 3.05. The van der Waals surface area contributed by atoms with Crippen molar-refractivity contribution < 1.29 is 14.7 Å². The van der Waals surface area contributed by atoms with Gasteiger partial charge in [0.25, 0.3) is 0 Å². The van der Waals surface area contributed by atoms with Gasteiger partial charge in [-0.3, -0.25) is 14.0 Å². The SMILES string of the molecule is Cc1cn2c(CC(=O)N(C)CCCC(=O)O)csc2n1. The molecule has 0 aliphatic heterocycles. The van der Waals surface area contributed by atoms with Gasteiger partial charge in [0.05, 0.1) is 12.1 Å². The minimum Gasteiger partial charge on any atom is -0.481 e. The maximum absolute atomic E-state index is 12.1. The van der Waals surface area contributed by atoms with Crippen LogP contribution in [0.2, 0.25) is 0 Å². The van der Waals surface area contributed by atoms with Crippen molar-refractivity contribution in [2.45, 2.75) is 26.2 Å². The van der Waals surface area contributed by atoms with E-state index in [4.69, 9.17) is 5.11 Å². The van der Waals surface area contributed by atoms with E-state index >= 15 is 0 Å². The first kappa shape index (κ1) is 14.5. The molecule has 0 radical (unpaired) electrons. The van der Waals surface area contributed by atoms with Crippen LogP contribution in [0, 0.1) is 6.92 Å². The summed E-state index contributed by atoms with van der Waals surface area (Å²) in [6.07, 6.45) is 2.78. The minimum absolute atomic E-state index is 0.0126. The van der Waals surface area contributed by atoms with Crippen molar-refractivity contribution >= 4 is 28.2 Å². The van der Waals surface area contributed by atoms with Gasteiger partial charge in [-0.05, 0) is 13.3 Å². The molecule has 0 aromatic carbocycles. The lowest BCUT2D eigenvalue weighted by Crippen LogP contribution is -2.29. The number of rotatable bonds is 6. The Bertz CT molecular complexity index is 632. The molecule has 6 nitrogen and oxygen atoms in total. The summed E-state index contributed by atoms with van der Waals surface area (Å²) in [6.45, 7) is 2.38. The van der Waals surface area contributed by atoms with Gasteiger partial charge in [-0.25, -0.2) is 4.98 Å². The second-order valence-electron chi connectivity index (χ2n) is 4.75. The minimum atomic E-state index is -0.834. The first-order valence-corrected chi connectivity index (χ1v) is 7.23. The topological polar surface area (TPSA) is 74.9 Å². The van der Waals surface area contributed by atoms with E-state index in [-0.39, 0.29) is 12.3 Å². The van der Waals surface area contributed by atoms with Gasteiger partial charge >= 0.3 is 5.97 Å². The third kappa shape index (κ3) is 3.36. The van der Waals surface area contributed by atoms with Gasteiger partial charge in [-0.2, -0.15) is 0 Å². The zero-order valence-electron chi connectivity index (χ0n) is 11.5. The first-order valence-electron chi connectivity index (χ1n) is 6.35. The molecule has 0 saturated heterocycles. The lowest BCUT2D eigenvalue weighted by atomic mass is 10.2. The number of likely N-dealkylation sites (N-methyl/N-ethyl adjacent to an activating group) is 1. The van der Waals surface area contributed by atoms with Crippen LogP contribution in [-0.2, 0) is 16.0 Å². The van der Waals surface area contributed by atoms with E-state index < -0.39 is 5.97 Å². The van der Waals surface area contributed by atoms with E-state index in [0.29, 0.717) is 19.4 Å². The Morgan fingerprint density at radius 3 is 2.95 bits per heavy atom. The molecule has 0 fully saturated rings. The van der Waals surface area contributed by atoms with Crippen molar-refractivity contribution in [2.24, 2.45) is 0 Å². The molecule has 2 aromatic heterocycles. The Balaban J connectivity index is 1.95. The number of hydrogen-bond donors (Lipinski definition) is 1. The molecule has 7 heteroatoms. The molecular formula is C13H17N3O3S. The van der Waals surface area contributed by atoms with E-state index in [1.807, 2.05) is 22.9 Å². The van der Waals surface area contributed by atoms with Gasteiger partial charge in [-0.1, -0.05) is 0 Å². The summed E-state index contributed by atoms with van der Waals surface area (Å²) < 4.78 is 1.93. The average Bonchev–Trinajstić information content (AvgIpc) is 2.89. The number of carbonyl (C=O) groups is 2. The summed E-state index contributed by atoms with van der Waals surface area (Å²) in [5, 5.41) is 10.5. The molecule has 2 rings (SSSR count). The van der Waals surface area contributed by atoms with Crippen molar-refractivity contribution in [1.82, 2.24) is 14.3 Å². The highest BCUT2D eigenvalue weighted by Gasteiger charge is 2.14. The number of aliphatic carboxylic acids is 1. The molecule has 0 saturated carbocycles. The highest BCUT2D eigenvalue weighted by Crippen LogP contribution is 2.17. The number of amides is 1. The van der Waals surface area contributed by atoms with Gasteiger partial charge in [0.1, 0.15) is 0 Å². The maximum Gasteiger partial charge on any atom is 0.303 e. The fourth-order valence-electron chi connectivity index (χ4n) is 1.95. The smallest absolute Gasteiger partial charge is 0.303 e. The number of aryl methyl sites for hydroxylation is 1. The van der Waals surface area contributed by atoms with Crippen molar-refractivity contribution in [3.8, 4) is 0 Å². The van der Waals surface area contributed by atoms with Crippen LogP contribution in [0.5, 0.6) is 0 Å². The van der Waals surface area contributed by atoms with Crippen molar-refractivity contribution in [2.75, 3.05) is 13.6 Å². The lowest BCUT2D eigenvalue weighted by molar-refractivity contribution is -0.138. The Morgan fingerprint density at radius 2 is 2.25 bits per heavy atom. The number of carboxylic acid groups (broad SMARTS) is 1. The quantitative estimate of drug-likeness (QED) is 0.877. The number of nitrogens with zero attached hydrogens (tertiary/aromatic N) is 3. The van der Waals surface area contributed by atoms with E-state index in [2.05, 4.69) is 4.98 Å². The van der Waals surface area contributed by atoms with Gasteiger partial charge in [0.2, 0.25) is 5.91 Å². The average molecular weight is 295 g/mol. The Morgan fingerprint density at radius 1 is 1.50 bits per heavy atom. The van der Waals surface area contributed by atoms with Gasteiger partial charge in [0.15, 0.2) is 4.96 Å². The Labute approximate surface area is 120 Å². The van der Waals surface area contributed by atoms with Gasteiger partial charge < -0.3 is 10.0 Å². The van der Waals surface area contributed by atoms with Crippen LogP contribution in [-0.4, -0.2) is 44.9 Å². The summed E-state index contributed by atoms with van der Waals surface area (Å²) in [5.41, 5.74) is 1.85. The molecule has 0 unspecified atom stereocenters. The van der Waals surface area contributed by atoms with Crippen LogP contribution in [0.4, 0.5) is 0 Å². The summed E-state index contributed by atoms with van der Waals surface area (Å²) in [7, 11) is 1.70. The van der Waals surface area contributed by atoms with Crippen LogP contribution in [0.25, 0.3) is 4.96 Å². The molecule has 0 atom stereocenters. The predicted octanol–water partition coefficient (Wildman–Crippen LogP) is 1.57. The number of thiazole rings is 1. The molecule has 1 N–H and O–H groups in total. The highest BCUT2D eigenvalue weighted by atomic mass is 32.1. The van der Waals surface area contributed by atoms with Crippen LogP contribution >= 0.6 is 11.3 Å². The number of hydrogen-bond acceptors (Lipinski definition) is 4. The van der Waals surface area contributed by atoms with Crippen LogP contribution in [0.1, 0.15) is 24.2 Å². The van der Waals surface area contributed by atoms with E-state index in [1.165, 1.54) is 11.3 Å². The summed E-state index contributed by atoms with van der Waals surface area (Å²) >= 11 is 1.51. The largest absolute Gasteiger partial charge is 0.481 e. The fourth-order valence-corrected chi connectivity index (χ4v) is 2.87. The highest BCUT2D eigenvalue weighted by molar-refractivity contribution is 7.15. The van der Waals surface area contributed by atoms with E-state index in [9.17, 15) is 9.59 Å². The number of carbonyl (C=O) groups excluding carboxylic acids is 1. The van der Waals surface area contributed by atoms with E-state index in [1.54, 1.807) is 11.9 Å². The Kier molecular flexibility index (Phi) is 4.39. The van der Waals surface area contributed by atoms with Crippen LogP contribution in [0.15, 0.2) is 11.6 Å². The molecule has 0 aliphatic carbocycles. The molecule has 20 heavy (non-hydrogen) atoms. The number of imidazole rings is 1. The standard InChI is InChI=1S/C13H17N3O3S/c1-9-7-16-10(8-20-13(16)14-9)6-11(17)15(2)5-3-4-12(18)19/h7-8H,3-6H2,1-2H3,(H,18,19). The summed E-state index contributed by atoms with van der Waals surface area (Å²) in [4.78, 5) is 29.3. The van der Waals surface area contributed by atoms with Crippen molar-refractivity contribution in [1.29, 1.82) is 0 Å². The number of carboxylic acids is 1. The van der Waals surface area contributed by atoms with Crippen molar-refractivity contribution in [3.05, 3.63) is 23.0 Å². The third-order valence-corrected chi connectivity index (χ3v) is 3.93. The molecule has 2 heterocycles. The van der Waals surface area contributed by atoms with E-state index in [0.717, 1.165) is 16.3 Å². The molecule has 0 spiro atoms. The summed E-state index contributed by atoms with van der Waals surface area (Å²) in [5.74, 6) is -0.847. The maximum atomic E-state index is 12.1. The molecule has 108 valence electrons. The second kappa shape index (κ2) is 6.04. The Hall–Kier alpha value is -1.89. The van der Waals surface area contributed by atoms with Crippen LogP contribution < -0.4 is 0 Å². The normalized spacial score (nSPS) is 10.9. The zero-order valence-corrected chi connectivity index (χ0v) is 12.3. The molecule has 0 aliphatic rings. The van der Waals surface area contributed by atoms with Crippen molar-refractivity contribution in [3.63, 3.8) is 0 Å². The van der Waals surface area contributed by atoms with Gasteiger partial charge in [0, 0.05) is 37.3 Å². The monoisotopic (exact) mass is 295 g/mol. The summed E-state index contributed by atoms with van der Waals surface area (Å²) in [6, 6.07) is 0. The first-order chi connectivity index (χ1) is 9.47. The molecule has 2 aromatic rings. The lowest BCUT2D eigenvalue weighted by Gasteiger charge is -2.16. The number of fused-ring (bicyclic) bond motifs is 1. The molecule has 1 amide bonds. The predicted molar refractivity (Wildman–Crippen MR) is 76.0 cm³/mol. The fraction of sp³-hybridized carbons (Fsp3) is 0.462. The van der Waals surface area contributed by atoms with Crippen LogP contribution in [0.3, 0.4) is 0 Å². The molecular weight excluding hydrogens is 278 g/mol. The second-order valence-corrected chi connectivity index (χ2v) is 5.59.